The molecule has 1 heterocycles. The van der Waals surface area contributed by atoms with Crippen LogP contribution in [0.3, 0.4) is 0 Å². The van der Waals surface area contributed by atoms with E-state index in [-0.39, 0.29) is 0 Å². The van der Waals surface area contributed by atoms with Gasteiger partial charge in [0.25, 0.3) is 0 Å². The minimum Gasteiger partial charge on any atom is -0.361 e. The monoisotopic (exact) mass is 278 g/mol. The minimum absolute atomic E-state index is 0.562. The Morgan fingerprint density at radius 2 is 2.16 bits per heavy atom. The van der Waals surface area contributed by atoms with E-state index in [9.17, 15) is 0 Å². The lowest BCUT2D eigenvalue weighted by molar-refractivity contribution is 0.651. The number of rotatable bonds is 7. The van der Waals surface area contributed by atoms with Crippen molar-refractivity contribution in [1.82, 2.24) is 15.7 Å². The summed E-state index contributed by atoms with van der Waals surface area (Å²) in [7, 11) is 0. The zero-order valence-electron chi connectivity index (χ0n) is 11.6. The van der Waals surface area contributed by atoms with Gasteiger partial charge >= 0.3 is 0 Å². The van der Waals surface area contributed by atoms with Crippen molar-refractivity contribution in [1.29, 1.82) is 0 Å². The average Bonchev–Trinajstić information content (AvgIpc) is 2.45. The van der Waals surface area contributed by atoms with Gasteiger partial charge in [-0.25, -0.2) is 0 Å². The standard InChI is InChI=1S/C14H22N4S/c1-3-4-5-7-11-16-14(19)18-17-12(2)13-9-6-8-10-15-13/h6,8-10H,3-5,7,11H2,1-2H3,(H2,16,18,19). The van der Waals surface area contributed by atoms with Gasteiger partial charge in [0.15, 0.2) is 5.11 Å². The summed E-state index contributed by atoms with van der Waals surface area (Å²) >= 11 is 5.15. The maximum Gasteiger partial charge on any atom is 0.186 e. The number of aromatic nitrogens is 1. The number of hydrazone groups is 1. The molecule has 0 saturated carbocycles. The first-order chi connectivity index (χ1) is 9.24. The van der Waals surface area contributed by atoms with Gasteiger partial charge in [-0.2, -0.15) is 5.10 Å². The fraction of sp³-hybridized carbons (Fsp3) is 0.500. The van der Waals surface area contributed by atoms with Crippen molar-refractivity contribution in [3.8, 4) is 0 Å². The van der Waals surface area contributed by atoms with E-state index in [4.69, 9.17) is 12.2 Å². The van der Waals surface area contributed by atoms with Crippen LogP contribution in [-0.4, -0.2) is 22.4 Å². The highest BCUT2D eigenvalue weighted by atomic mass is 32.1. The van der Waals surface area contributed by atoms with E-state index in [0.717, 1.165) is 24.4 Å². The molecule has 19 heavy (non-hydrogen) atoms. The Kier molecular flexibility index (Phi) is 7.74. The first kappa shape index (κ1) is 15.6. The topological polar surface area (TPSA) is 49.3 Å². The van der Waals surface area contributed by atoms with Crippen LogP contribution in [0.5, 0.6) is 0 Å². The highest BCUT2D eigenvalue weighted by Crippen LogP contribution is 1.97. The maximum absolute atomic E-state index is 5.15. The van der Waals surface area contributed by atoms with Gasteiger partial charge in [0.1, 0.15) is 0 Å². The molecule has 2 N–H and O–H groups in total. The van der Waals surface area contributed by atoms with Gasteiger partial charge in [0, 0.05) is 12.7 Å². The number of hydrogen-bond acceptors (Lipinski definition) is 3. The van der Waals surface area contributed by atoms with Crippen LogP contribution >= 0.6 is 12.2 Å². The van der Waals surface area contributed by atoms with E-state index in [1.807, 2.05) is 25.1 Å². The molecule has 0 unspecified atom stereocenters. The number of hydrogen-bond donors (Lipinski definition) is 2. The molecule has 0 aromatic carbocycles. The minimum atomic E-state index is 0.562. The second kappa shape index (κ2) is 9.44. The van der Waals surface area contributed by atoms with Crippen molar-refractivity contribution < 1.29 is 0 Å². The van der Waals surface area contributed by atoms with Crippen LogP contribution < -0.4 is 10.7 Å². The predicted octanol–water partition coefficient (Wildman–Crippen LogP) is 2.85. The second-order valence-corrected chi connectivity index (χ2v) is 4.75. The van der Waals surface area contributed by atoms with Crippen LogP contribution in [0.4, 0.5) is 0 Å². The molecule has 0 aliphatic rings. The van der Waals surface area contributed by atoms with Crippen LogP contribution in [0, 0.1) is 0 Å². The Morgan fingerprint density at radius 1 is 1.32 bits per heavy atom. The third-order valence-corrected chi connectivity index (χ3v) is 2.91. The summed E-state index contributed by atoms with van der Waals surface area (Å²) in [6.45, 7) is 5.00. The quantitative estimate of drug-likeness (QED) is 0.348. The normalized spacial score (nSPS) is 11.2. The Balaban J connectivity index is 2.25. The van der Waals surface area contributed by atoms with Gasteiger partial charge in [0.2, 0.25) is 0 Å². The first-order valence-electron chi connectivity index (χ1n) is 6.73. The van der Waals surface area contributed by atoms with Crippen molar-refractivity contribution in [2.24, 2.45) is 5.10 Å². The first-order valence-corrected chi connectivity index (χ1v) is 7.14. The van der Waals surface area contributed by atoms with Crippen molar-refractivity contribution in [2.45, 2.75) is 39.5 Å². The van der Waals surface area contributed by atoms with Crippen LogP contribution in [0.25, 0.3) is 0 Å². The smallest absolute Gasteiger partial charge is 0.186 e. The SMILES string of the molecule is CCCCCCNC(=S)NN=C(C)c1ccccn1. The summed E-state index contributed by atoms with van der Waals surface area (Å²) in [6.07, 6.45) is 6.65. The fourth-order valence-electron chi connectivity index (χ4n) is 1.56. The highest BCUT2D eigenvalue weighted by Gasteiger charge is 1.98. The molecule has 1 aromatic rings. The zero-order chi connectivity index (χ0) is 13.9. The molecule has 0 bridgehead atoms. The molecule has 0 saturated heterocycles. The molecular weight excluding hydrogens is 256 g/mol. The van der Waals surface area contributed by atoms with Crippen LogP contribution in [0.1, 0.15) is 45.2 Å². The molecule has 0 fully saturated rings. The summed E-state index contributed by atoms with van der Waals surface area (Å²) in [5.74, 6) is 0. The summed E-state index contributed by atoms with van der Waals surface area (Å²) in [6, 6.07) is 5.74. The molecule has 0 radical (unpaired) electrons. The lowest BCUT2D eigenvalue weighted by Gasteiger charge is -2.07. The third kappa shape index (κ3) is 6.86. The van der Waals surface area contributed by atoms with E-state index >= 15 is 0 Å². The van der Waals surface area contributed by atoms with E-state index in [1.54, 1.807) is 6.20 Å². The zero-order valence-corrected chi connectivity index (χ0v) is 12.5. The number of thiocarbonyl (C=S) groups is 1. The molecule has 0 spiro atoms. The van der Waals surface area contributed by atoms with Crippen molar-refractivity contribution >= 4 is 23.0 Å². The van der Waals surface area contributed by atoms with E-state index in [1.165, 1.54) is 19.3 Å². The van der Waals surface area contributed by atoms with Gasteiger partial charge in [-0.3, -0.25) is 10.4 Å². The molecule has 4 nitrogen and oxygen atoms in total. The summed E-state index contributed by atoms with van der Waals surface area (Å²) in [5.41, 5.74) is 4.50. The maximum atomic E-state index is 5.15. The second-order valence-electron chi connectivity index (χ2n) is 4.34. The van der Waals surface area contributed by atoms with Gasteiger partial charge in [-0.05, 0) is 37.7 Å². The van der Waals surface area contributed by atoms with Crippen LogP contribution in [0.15, 0.2) is 29.5 Å². The van der Waals surface area contributed by atoms with E-state index < -0.39 is 0 Å². The summed E-state index contributed by atoms with van der Waals surface area (Å²) in [4.78, 5) is 4.22. The van der Waals surface area contributed by atoms with Crippen molar-refractivity contribution in [3.05, 3.63) is 30.1 Å². The molecule has 0 amide bonds. The average molecular weight is 278 g/mol. The van der Waals surface area contributed by atoms with E-state index in [0.29, 0.717) is 5.11 Å². The van der Waals surface area contributed by atoms with Crippen molar-refractivity contribution in [3.63, 3.8) is 0 Å². The molecule has 1 aromatic heterocycles. The van der Waals surface area contributed by atoms with Crippen LogP contribution in [-0.2, 0) is 0 Å². The summed E-state index contributed by atoms with van der Waals surface area (Å²) in [5, 5.41) is 7.91. The van der Waals surface area contributed by atoms with Gasteiger partial charge in [-0.15, -0.1) is 0 Å². The molecule has 0 aliphatic carbocycles. The molecule has 0 aliphatic heterocycles. The fourth-order valence-corrected chi connectivity index (χ4v) is 1.71. The Bertz CT molecular complexity index is 403. The summed E-state index contributed by atoms with van der Waals surface area (Å²) < 4.78 is 0. The number of unbranched alkanes of at least 4 members (excludes halogenated alkanes) is 3. The number of nitrogens with one attached hydrogen (secondary N) is 2. The molecule has 0 atom stereocenters. The highest BCUT2D eigenvalue weighted by molar-refractivity contribution is 7.80. The van der Waals surface area contributed by atoms with Gasteiger partial charge < -0.3 is 5.32 Å². The Morgan fingerprint density at radius 3 is 2.84 bits per heavy atom. The molecule has 5 heteroatoms. The Labute approximate surface area is 120 Å². The van der Waals surface area contributed by atoms with Crippen LogP contribution in [0.2, 0.25) is 0 Å². The largest absolute Gasteiger partial charge is 0.361 e. The molecular formula is C14H22N4S. The van der Waals surface area contributed by atoms with E-state index in [2.05, 4.69) is 27.8 Å². The Hall–Kier alpha value is -1.49. The van der Waals surface area contributed by atoms with Crippen molar-refractivity contribution in [2.75, 3.05) is 6.54 Å². The molecule has 104 valence electrons. The lowest BCUT2D eigenvalue weighted by atomic mass is 10.2. The lowest BCUT2D eigenvalue weighted by Crippen LogP contribution is -2.33. The molecule has 1 rings (SSSR count). The number of nitrogens with zero attached hydrogens (tertiary/aromatic N) is 2. The third-order valence-electron chi connectivity index (χ3n) is 2.68. The van der Waals surface area contributed by atoms with Gasteiger partial charge in [0.05, 0.1) is 11.4 Å². The van der Waals surface area contributed by atoms with Gasteiger partial charge in [-0.1, -0.05) is 32.3 Å². The predicted molar refractivity (Wildman–Crippen MR) is 84.3 cm³/mol. The number of pyridine rings is 1.